The van der Waals surface area contributed by atoms with Crippen LogP contribution in [0.4, 0.5) is 15.8 Å². The Balaban J connectivity index is 0.622. The Morgan fingerprint density at radius 2 is 1.52 bits per heavy atom. The first-order valence-corrected chi connectivity index (χ1v) is 26.1. The lowest BCUT2D eigenvalue weighted by molar-refractivity contribution is -0.137. The standard InChI is InChI=1S/C55H67FN10O9/c56-45-16-15-42(35-40(45)36-59-51(69)39-10-8-11-41(34-39)63-55(21-25-58-26-22-55)54-62-50(64-65-54)38-19-23-57-24-20-38)75-29-7-2-1-5-27-72-30-32-74-33-31-73-28-6-3-4-14-48(67)60-46-13-9-12-43-44(46)37-66(53(43)71)47-17-18-49(68)61-52(47)70/h8-13,15-16,19-20,23-24,34-35,47,58,63H,1-7,14,17-18,21-22,25-33,36-37H2,(H,59,69)(H,60,67)(H,61,68,70)(H,62,64,65). The molecule has 5 amide bonds. The Labute approximate surface area is 435 Å². The van der Waals surface area contributed by atoms with Gasteiger partial charge in [-0.05, 0) is 125 Å². The normalized spacial score (nSPS) is 16.1. The molecule has 0 bridgehead atoms. The van der Waals surface area contributed by atoms with E-state index in [0.717, 1.165) is 81.5 Å². The third kappa shape index (κ3) is 15.2. The first-order valence-electron chi connectivity index (χ1n) is 26.1. The minimum atomic E-state index is -0.712. The van der Waals surface area contributed by atoms with E-state index >= 15 is 0 Å². The van der Waals surface area contributed by atoms with E-state index in [0.29, 0.717) is 98.6 Å². The fraction of sp³-hybridized carbons (Fsp3) is 0.455. The van der Waals surface area contributed by atoms with E-state index < -0.39 is 23.3 Å². The van der Waals surface area contributed by atoms with Crippen LogP contribution in [0.5, 0.6) is 5.75 Å². The van der Waals surface area contributed by atoms with E-state index in [4.69, 9.17) is 23.9 Å². The number of piperidine rings is 2. The van der Waals surface area contributed by atoms with Crippen LogP contribution in [-0.2, 0) is 47.2 Å². The smallest absolute Gasteiger partial charge is 0.255 e. The van der Waals surface area contributed by atoms with Crippen molar-refractivity contribution in [2.75, 3.05) is 70.0 Å². The second-order valence-electron chi connectivity index (χ2n) is 18.9. The number of aromatic amines is 1. The third-order valence-electron chi connectivity index (χ3n) is 13.5. The van der Waals surface area contributed by atoms with Gasteiger partial charge >= 0.3 is 0 Å². The molecule has 0 radical (unpaired) electrons. The van der Waals surface area contributed by atoms with Crippen LogP contribution in [-0.4, -0.2) is 120 Å². The first kappa shape index (κ1) is 54.1. The molecular formula is C55H67FN10O9. The maximum absolute atomic E-state index is 14.9. The number of unbranched alkanes of at least 4 members (excludes halogenated alkanes) is 5. The van der Waals surface area contributed by atoms with Crippen LogP contribution in [0.25, 0.3) is 11.4 Å². The number of aromatic nitrogens is 4. The molecule has 2 aromatic heterocycles. The third-order valence-corrected chi connectivity index (χ3v) is 13.5. The Kier molecular flexibility index (Phi) is 19.8. The number of hydrogen-bond acceptors (Lipinski definition) is 14. The number of imide groups is 1. The van der Waals surface area contributed by atoms with Crippen LogP contribution in [0, 0.1) is 5.82 Å². The summed E-state index contributed by atoms with van der Waals surface area (Å²) < 4.78 is 37.8. The van der Waals surface area contributed by atoms with Crippen molar-refractivity contribution in [2.24, 2.45) is 0 Å². The van der Waals surface area contributed by atoms with Crippen molar-refractivity contribution >= 4 is 40.9 Å². The number of nitrogens with zero attached hydrogens (tertiary/aromatic N) is 4. The van der Waals surface area contributed by atoms with Gasteiger partial charge < -0.3 is 45.1 Å². The van der Waals surface area contributed by atoms with Gasteiger partial charge in [-0.25, -0.2) is 9.37 Å². The second-order valence-corrected chi connectivity index (χ2v) is 18.9. The van der Waals surface area contributed by atoms with E-state index in [-0.39, 0.29) is 49.6 Å². The fourth-order valence-electron chi connectivity index (χ4n) is 9.42. The fourth-order valence-corrected chi connectivity index (χ4v) is 9.42. The number of fused-ring (bicyclic) bond motifs is 1. The van der Waals surface area contributed by atoms with Gasteiger partial charge in [0.2, 0.25) is 17.7 Å². The summed E-state index contributed by atoms with van der Waals surface area (Å²) in [5, 5.41) is 22.8. The predicted molar refractivity (Wildman–Crippen MR) is 277 cm³/mol. The molecule has 8 rings (SSSR count). The van der Waals surface area contributed by atoms with Gasteiger partial charge in [-0.3, -0.25) is 39.4 Å². The van der Waals surface area contributed by atoms with Crippen LogP contribution in [0.15, 0.2) is 85.2 Å². The lowest BCUT2D eigenvalue weighted by atomic mass is 9.87. The molecule has 2 saturated heterocycles. The van der Waals surface area contributed by atoms with Crippen molar-refractivity contribution in [3.05, 3.63) is 119 Å². The SMILES string of the molecule is O=C1CCC(N2Cc3c(NC(=O)CCCCCOCCOCCOCCCCCCOc4ccc(F)c(CNC(=O)c5cccc(NC6(c7nc(-c8ccncc8)n[nH]7)CCNCC6)c5)c4)cccc3C2=O)C(=O)N1. The van der Waals surface area contributed by atoms with Crippen LogP contribution in [0.2, 0.25) is 0 Å². The van der Waals surface area contributed by atoms with E-state index in [2.05, 4.69) is 41.8 Å². The van der Waals surface area contributed by atoms with Gasteiger partial charge in [0.15, 0.2) is 11.6 Å². The minimum absolute atomic E-state index is 0.0000970. The molecular weight excluding hydrogens is 964 g/mol. The largest absolute Gasteiger partial charge is 0.494 e. The zero-order chi connectivity index (χ0) is 52.2. The number of carbonyl (C=O) groups excluding carboxylic acids is 5. The van der Waals surface area contributed by atoms with Crippen LogP contribution < -0.4 is 31.3 Å². The number of carbonyl (C=O) groups is 5. The van der Waals surface area contributed by atoms with Gasteiger partial charge in [-0.2, -0.15) is 5.10 Å². The average molecular weight is 1030 g/mol. The van der Waals surface area contributed by atoms with E-state index in [9.17, 15) is 28.4 Å². The quantitative estimate of drug-likeness (QED) is 0.0219. The predicted octanol–water partition coefficient (Wildman–Crippen LogP) is 6.58. The summed E-state index contributed by atoms with van der Waals surface area (Å²) in [5.41, 5.74) is 3.57. The van der Waals surface area contributed by atoms with Crippen molar-refractivity contribution in [3.8, 4) is 17.1 Å². The maximum atomic E-state index is 14.9. The molecule has 75 heavy (non-hydrogen) atoms. The van der Waals surface area contributed by atoms with E-state index in [1.165, 1.54) is 11.0 Å². The number of pyridine rings is 1. The highest BCUT2D eigenvalue weighted by atomic mass is 19.1. The summed E-state index contributed by atoms with van der Waals surface area (Å²) in [4.78, 5) is 73.5. The number of benzene rings is 3. The molecule has 5 aromatic rings. The molecule has 1 atom stereocenters. The van der Waals surface area contributed by atoms with E-state index in [1.807, 2.05) is 24.3 Å². The Bertz CT molecular complexity index is 2720. The van der Waals surface area contributed by atoms with Crippen molar-refractivity contribution in [3.63, 3.8) is 0 Å². The summed E-state index contributed by atoms with van der Waals surface area (Å²) in [6, 6.07) is 20.0. The van der Waals surface area contributed by atoms with Gasteiger partial charge in [-0.1, -0.05) is 25.0 Å². The number of H-pyrrole nitrogens is 1. The second kappa shape index (κ2) is 27.4. The zero-order valence-electron chi connectivity index (χ0n) is 42.3. The van der Waals surface area contributed by atoms with Crippen LogP contribution >= 0.6 is 0 Å². The Morgan fingerprint density at radius 3 is 2.28 bits per heavy atom. The summed E-state index contributed by atoms with van der Waals surface area (Å²) in [5.74, 6) is -0.129. The van der Waals surface area contributed by atoms with Gasteiger partial charge in [0, 0.05) is 90.7 Å². The highest BCUT2D eigenvalue weighted by molar-refractivity contribution is 6.06. The molecule has 398 valence electrons. The minimum Gasteiger partial charge on any atom is -0.494 e. The number of amides is 5. The van der Waals surface area contributed by atoms with E-state index in [1.54, 1.807) is 54.9 Å². The molecule has 5 heterocycles. The molecule has 3 aromatic carbocycles. The molecule has 1 unspecified atom stereocenters. The van der Waals surface area contributed by atoms with Crippen molar-refractivity contribution in [2.45, 2.75) is 102 Å². The number of anilines is 2. The molecule has 19 nitrogen and oxygen atoms in total. The Morgan fingerprint density at radius 1 is 0.800 bits per heavy atom. The van der Waals surface area contributed by atoms with Crippen LogP contribution in [0.1, 0.15) is 115 Å². The van der Waals surface area contributed by atoms with Gasteiger partial charge in [-0.15, -0.1) is 0 Å². The van der Waals surface area contributed by atoms with Crippen molar-refractivity contribution < 1.29 is 47.3 Å². The Hall–Kier alpha value is -7.13. The summed E-state index contributed by atoms with van der Waals surface area (Å²) in [6.07, 6.45) is 11.7. The number of halogens is 1. The topological polar surface area (TPSA) is 240 Å². The molecule has 3 aliphatic heterocycles. The number of ether oxygens (including phenoxy) is 4. The van der Waals surface area contributed by atoms with Crippen LogP contribution in [0.3, 0.4) is 0 Å². The lowest BCUT2D eigenvalue weighted by Gasteiger charge is -2.37. The molecule has 20 heteroatoms. The highest BCUT2D eigenvalue weighted by Crippen LogP contribution is 2.35. The molecule has 0 aliphatic carbocycles. The average Bonchev–Trinajstić information content (AvgIpc) is 4.07. The monoisotopic (exact) mass is 1030 g/mol. The van der Waals surface area contributed by atoms with Crippen molar-refractivity contribution in [1.82, 2.24) is 41.0 Å². The summed E-state index contributed by atoms with van der Waals surface area (Å²) in [7, 11) is 0. The lowest BCUT2D eigenvalue weighted by Crippen LogP contribution is -2.52. The summed E-state index contributed by atoms with van der Waals surface area (Å²) >= 11 is 0. The van der Waals surface area contributed by atoms with Gasteiger partial charge in [0.25, 0.3) is 11.8 Å². The first-order chi connectivity index (χ1) is 36.7. The molecule has 0 saturated carbocycles. The molecule has 0 spiro atoms. The molecule has 2 fully saturated rings. The number of rotatable bonds is 29. The molecule has 3 aliphatic rings. The van der Waals surface area contributed by atoms with Gasteiger partial charge in [0.05, 0.1) is 38.6 Å². The number of hydrogen-bond donors (Lipinski definition) is 6. The van der Waals surface area contributed by atoms with Gasteiger partial charge in [0.1, 0.15) is 17.6 Å². The number of nitrogens with one attached hydrogen (secondary N) is 6. The summed E-state index contributed by atoms with van der Waals surface area (Å²) in [6.45, 7) is 5.38. The van der Waals surface area contributed by atoms with Crippen molar-refractivity contribution in [1.29, 1.82) is 0 Å². The zero-order valence-corrected chi connectivity index (χ0v) is 42.3. The molecule has 6 N–H and O–H groups in total. The highest BCUT2D eigenvalue weighted by Gasteiger charge is 2.40. The maximum Gasteiger partial charge on any atom is 0.255 e.